The maximum atomic E-state index is 8.25. The van der Waals surface area contributed by atoms with Crippen molar-refractivity contribution in [3.05, 3.63) is 86.9 Å². The summed E-state index contributed by atoms with van der Waals surface area (Å²) < 4.78 is 0. The van der Waals surface area contributed by atoms with E-state index in [-0.39, 0.29) is 54.9 Å². The van der Waals surface area contributed by atoms with E-state index in [0.29, 0.717) is 23.0 Å². The molecule has 3 aromatic heterocycles. The molecule has 0 radical (unpaired) electrons. The molecule has 210 valence electrons. The fourth-order valence-corrected chi connectivity index (χ4v) is 1.81. The molecule has 0 saturated carbocycles. The Balaban J connectivity index is -0.000000302. The van der Waals surface area contributed by atoms with Gasteiger partial charge in [0.1, 0.15) is 11.4 Å². The van der Waals surface area contributed by atoms with E-state index in [1.54, 1.807) is 6.07 Å². The first-order valence-corrected chi connectivity index (χ1v) is 9.25. The van der Waals surface area contributed by atoms with E-state index >= 15 is 0 Å². The summed E-state index contributed by atoms with van der Waals surface area (Å²) in [6.07, 6.45) is 0. The van der Waals surface area contributed by atoms with Crippen LogP contribution in [0.25, 0.3) is 23.0 Å². The van der Waals surface area contributed by atoms with Crippen LogP contribution in [0.3, 0.4) is 0 Å². The molecule has 3 aromatic rings. The summed E-state index contributed by atoms with van der Waals surface area (Å²) in [5.74, 6) is 0.975. The number of hydrogen-bond acceptors (Lipinski definition) is 17. The Labute approximate surface area is 259 Å². The summed E-state index contributed by atoms with van der Waals surface area (Å²) >= 11 is 0. The third kappa shape index (κ3) is 21.6. The van der Waals surface area contributed by atoms with Crippen LogP contribution in [-0.4, -0.2) is 50.6 Å². The largest absolute Gasteiger partial charge is 3.00 e. The second-order valence-corrected chi connectivity index (χ2v) is 5.91. The van der Waals surface area contributed by atoms with Gasteiger partial charge in [-0.15, -0.1) is 10.2 Å². The van der Waals surface area contributed by atoms with Crippen molar-refractivity contribution in [1.82, 2.24) is 35.3 Å². The zero-order chi connectivity index (χ0) is 29.1. The number of nitrogens with zero attached hydrogens (tertiary/aromatic N) is 11. The maximum absolute atomic E-state index is 8.25. The molecule has 3 heterocycles. The summed E-state index contributed by atoms with van der Waals surface area (Å²) in [5, 5.41) is 67.9. The minimum absolute atomic E-state index is 0. The summed E-state index contributed by atoms with van der Waals surface area (Å²) in [5.41, 5.74) is 4.55. The Morgan fingerprint density at radius 2 is 0.897 bits per heavy atom. The Morgan fingerprint density at radius 1 is 0.641 bits per heavy atom. The smallest absolute Gasteiger partial charge is 0.457 e. The number of aryl methyl sites for hydroxylation is 4. The Hall–Kier alpha value is -4.20. The van der Waals surface area contributed by atoms with E-state index in [2.05, 4.69) is 35.3 Å². The second-order valence-electron chi connectivity index (χ2n) is 5.91. The van der Waals surface area contributed by atoms with E-state index in [1.807, 2.05) is 45.9 Å². The van der Waals surface area contributed by atoms with Gasteiger partial charge >= 0.3 is 49.4 Å². The first-order valence-electron chi connectivity index (χ1n) is 9.25. The van der Waals surface area contributed by atoms with Crippen LogP contribution in [-0.2, 0) is 5.48 Å². The molecule has 0 aliphatic heterocycles. The first-order chi connectivity index (χ1) is 17.2. The summed E-state index contributed by atoms with van der Waals surface area (Å²) in [6, 6.07) is 7.29. The molecule has 0 unspecified atom stereocenters. The van der Waals surface area contributed by atoms with E-state index in [0.717, 1.165) is 22.8 Å². The number of aromatic nitrogens is 7. The molecule has 3 N–H and O–H groups in total. The third-order valence-electron chi connectivity index (χ3n) is 3.39. The van der Waals surface area contributed by atoms with Gasteiger partial charge in [0.2, 0.25) is 11.6 Å². The molecule has 0 bridgehead atoms. The molecule has 0 atom stereocenters. The average molecular weight is 691 g/mol. The van der Waals surface area contributed by atoms with Gasteiger partial charge in [0, 0.05) is 6.92 Å². The molecular formula is C17H21EuN11O10+. The third-order valence-corrected chi connectivity index (χ3v) is 3.39. The minimum atomic E-state index is -1.75. The molecule has 0 spiro atoms. The van der Waals surface area contributed by atoms with Gasteiger partial charge in [0.25, 0.3) is 0 Å². The van der Waals surface area contributed by atoms with Crippen LogP contribution < -0.4 is 0 Å². The normalized spacial score (nSPS) is 8.10. The van der Waals surface area contributed by atoms with Crippen molar-refractivity contribution in [3.63, 3.8) is 0 Å². The van der Waals surface area contributed by atoms with Gasteiger partial charge in [-0.05, 0) is 39.8 Å². The quantitative estimate of drug-likeness (QED) is 0.205. The standard InChI is InChI=1S/C15H15N7.C2H3N.Eu.3NO3.H2O/c1-8-10(3)19-21-14(16-8)12-6-5-7-13(18-12)15-17-9(2)11(4)20-22-15;1-2-3;;3*2-1(3)4;/h5-7H,1-4H3;1H3;;;;;1H2/q;;+3;3*-1;/p+1. The van der Waals surface area contributed by atoms with Crippen molar-refractivity contribution in [1.29, 1.82) is 5.26 Å². The minimum Gasteiger partial charge on any atom is -0.457 e. The first kappa shape index (κ1) is 41.9. The molecule has 39 heavy (non-hydrogen) atoms. The van der Waals surface area contributed by atoms with Gasteiger partial charge in [-0.1, -0.05) is 6.07 Å². The van der Waals surface area contributed by atoms with Gasteiger partial charge in [-0.25, -0.2) is 15.0 Å². The van der Waals surface area contributed by atoms with Crippen LogP contribution in [0.1, 0.15) is 29.7 Å². The molecule has 21 nitrogen and oxygen atoms in total. The van der Waals surface area contributed by atoms with Gasteiger partial charge in [0.05, 0.1) is 44.1 Å². The SMILES string of the molecule is CC#N.Cc1nnc(-c2cccc(-c3nnc(C)c(C)n3)n2)nc1C.O=[N+]([O-])[O-].O=[N+]([O-])[O-].O=[N+]([O-])[O-].[Eu+3].[OH3+]. The predicted molar refractivity (Wildman–Crippen MR) is 128 cm³/mol. The van der Waals surface area contributed by atoms with Gasteiger partial charge in [0.15, 0.2) is 0 Å². The van der Waals surface area contributed by atoms with Crippen LogP contribution >= 0.6 is 0 Å². The van der Waals surface area contributed by atoms with Crippen LogP contribution in [0.2, 0.25) is 0 Å². The number of hydrogen-bond donors (Lipinski definition) is 0. The summed E-state index contributed by atoms with van der Waals surface area (Å²) in [6.45, 7) is 8.97. The van der Waals surface area contributed by atoms with Gasteiger partial charge in [-0.2, -0.15) is 15.5 Å². The molecule has 22 heteroatoms. The van der Waals surface area contributed by atoms with Gasteiger partial charge in [-0.3, -0.25) is 0 Å². The maximum Gasteiger partial charge on any atom is 3.00 e. The van der Waals surface area contributed by atoms with Crippen molar-refractivity contribution in [3.8, 4) is 29.1 Å². The number of nitriles is 1. The zero-order valence-corrected chi connectivity index (χ0v) is 23.2. The Kier molecular flexibility index (Phi) is 24.7. The van der Waals surface area contributed by atoms with Crippen molar-refractivity contribution < 1.29 is 70.1 Å². The average Bonchev–Trinajstić information content (AvgIpc) is 2.77. The van der Waals surface area contributed by atoms with Crippen LogP contribution in [0.15, 0.2) is 18.2 Å². The number of pyridine rings is 1. The second kappa shape index (κ2) is 23.0. The van der Waals surface area contributed by atoms with Crippen molar-refractivity contribution in [2.24, 2.45) is 0 Å². The van der Waals surface area contributed by atoms with Crippen LogP contribution in [0, 0.1) is 134 Å². The molecule has 0 fully saturated rings. The monoisotopic (exact) mass is 692 g/mol. The molecule has 0 aromatic carbocycles. The van der Waals surface area contributed by atoms with Crippen LogP contribution in [0.5, 0.6) is 0 Å². The van der Waals surface area contributed by atoms with E-state index in [4.69, 9.17) is 51.2 Å². The summed E-state index contributed by atoms with van der Waals surface area (Å²) in [7, 11) is 0. The fraction of sp³-hybridized carbons (Fsp3) is 0.294. The van der Waals surface area contributed by atoms with Crippen molar-refractivity contribution in [2.45, 2.75) is 34.6 Å². The summed E-state index contributed by atoms with van der Waals surface area (Å²) in [4.78, 5) is 38.1. The van der Waals surface area contributed by atoms with Crippen LogP contribution in [0.4, 0.5) is 0 Å². The molecule has 0 aliphatic carbocycles. The van der Waals surface area contributed by atoms with Crippen molar-refractivity contribution >= 4 is 0 Å². The van der Waals surface area contributed by atoms with E-state index < -0.39 is 15.3 Å². The molecule has 3 rings (SSSR count). The zero-order valence-electron chi connectivity index (χ0n) is 20.8. The molecule has 0 aliphatic rings. The Morgan fingerprint density at radius 3 is 1.13 bits per heavy atom. The fourth-order valence-electron chi connectivity index (χ4n) is 1.81. The Bertz CT molecular complexity index is 1140. The van der Waals surface area contributed by atoms with Gasteiger partial charge < -0.3 is 51.4 Å². The number of rotatable bonds is 2. The van der Waals surface area contributed by atoms with E-state index in [1.165, 1.54) is 6.92 Å². The predicted octanol–water partition coefficient (Wildman–Crippen LogP) is 0.910. The molecule has 0 saturated heterocycles. The topological polar surface area (TPSA) is 346 Å². The molecular weight excluding hydrogens is 670 g/mol. The molecule has 0 amide bonds. The van der Waals surface area contributed by atoms with Crippen molar-refractivity contribution in [2.75, 3.05) is 0 Å². The van der Waals surface area contributed by atoms with E-state index in [9.17, 15) is 0 Å².